The molecule has 0 aliphatic carbocycles. The van der Waals surface area contributed by atoms with Gasteiger partial charge in [-0.2, -0.15) is 0 Å². The number of benzene rings is 1. The van der Waals surface area contributed by atoms with E-state index in [0.29, 0.717) is 17.7 Å². The van der Waals surface area contributed by atoms with E-state index >= 15 is 0 Å². The number of hydrogen-bond acceptors (Lipinski definition) is 1. The molecule has 1 aromatic carbocycles. The third-order valence-electron chi connectivity index (χ3n) is 1.75. The second-order valence-electron chi connectivity index (χ2n) is 2.79. The van der Waals surface area contributed by atoms with Gasteiger partial charge in [0.2, 0.25) is 0 Å². The molecule has 0 heterocycles. The summed E-state index contributed by atoms with van der Waals surface area (Å²) in [5.74, 6) is -0.245. The minimum Gasteiger partial charge on any atom is -0.326 e. The standard InChI is InChI=1S/C10H12FN/c1-7-3-4-9(8(2)6-12)10(11)5-7/h3-5H,2,6,12H2,1H3. The maximum absolute atomic E-state index is 13.2. The molecule has 1 nitrogen and oxygen atoms in total. The highest BCUT2D eigenvalue weighted by Gasteiger charge is 2.03. The molecule has 0 aliphatic rings. The highest BCUT2D eigenvalue weighted by atomic mass is 19.1. The maximum atomic E-state index is 13.2. The van der Waals surface area contributed by atoms with Crippen LogP contribution in [0.5, 0.6) is 0 Å². The predicted octanol–water partition coefficient (Wildman–Crippen LogP) is 2.11. The number of nitrogens with two attached hydrogens (primary N) is 1. The smallest absolute Gasteiger partial charge is 0.130 e. The lowest BCUT2D eigenvalue weighted by atomic mass is 10.1. The van der Waals surface area contributed by atoms with Gasteiger partial charge in [-0.1, -0.05) is 18.7 Å². The van der Waals surface area contributed by atoms with E-state index in [1.807, 2.05) is 13.0 Å². The number of halogens is 1. The Balaban J connectivity index is 3.09. The second-order valence-corrected chi connectivity index (χ2v) is 2.79. The molecule has 0 radical (unpaired) electrons. The zero-order valence-electron chi connectivity index (χ0n) is 7.10. The average Bonchev–Trinajstić information content (AvgIpc) is 2.03. The summed E-state index contributed by atoms with van der Waals surface area (Å²) < 4.78 is 13.2. The van der Waals surface area contributed by atoms with E-state index in [4.69, 9.17) is 5.73 Å². The lowest BCUT2D eigenvalue weighted by molar-refractivity contribution is 0.622. The van der Waals surface area contributed by atoms with Crippen molar-refractivity contribution in [1.29, 1.82) is 0 Å². The highest BCUT2D eigenvalue weighted by molar-refractivity contribution is 5.65. The molecule has 0 aromatic heterocycles. The molecule has 0 unspecified atom stereocenters. The Bertz CT molecular complexity index is 305. The zero-order valence-corrected chi connectivity index (χ0v) is 7.10. The van der Waals surface area contributed by atoms with Crippen LogP contribution in [-0.2, 0) is 0 Å². The fourth-order valence-corrected chi connectivity index (χ4v) is 1.02. The Kier molecular flexibility index (Phi) is 2.61. The van der Waals surface area contributed by atoms with Gasteiger partial charge in [0, 0.05) is 12.1 Å². The topological polar surface area (TPSA) is 26.0 Å². The van der Waals surface area contributed by atoms with E-state index in [0.717, 1.165) is 5.56 Å². The van der Waals surface area contributed by atoms with E-state index < -0.39 is 0 Å². The molecule has 0 amide bonds. The Labute approximate surface area is 71.7 Å². The van der Waals surface area contributed by atoms with Gasteiger partial charge in [-0.25, -0.2) is 4.39 Å². The Morgan fingerprint density at radius 2 is 2.25 bits per heavy atom. The van der Waals surface area contributed by atoms with Gasteiger partial charge >= 0.3 is 0 Å². The molecule has 1 rings (SSSR count). The summed E-state index contributed by atoms with van der Waals surface area (Å²) in [7, 11) is 0. The van der Waals surface area contributed by atoms with Crippen molar-refractivity contribution in [2.24, 2.45) is 5.73 Å². The van der Waals surface area contributed by atoms with Crippen molar-refractivity contribution in [3.63, 3.8) is 0 Å². The van der Waals surface area contributed by atoms with Crippen LogP contribution >= 0.6 is 0 Å². The molecule has 64 valence electrons. The van der Waals surface area contributed by atoms with Crippen LogP contribution in [0.4, 0.5) is 4.39 Å². The monoisotopic (exact) mass is 165 g/mol. The van der Waals surface area contributed by atoms with Crippen LogP contribution in [0.25, 0.3) is 5.57 Å². The molecule has 0 saturated carbocycles. The summed E-state index contributed by atoms with van der Waals surface area (Å²) in [5, 5.41) is 0. The summed E-state index contributed by atoms with van der Waals surface area (Å²) >= 11 is 0. The highest BCUT2D eigenvalue weighted by Crippen LogP contribution is 2.16. The summed E-state index contributed by atoms with van der Waals surface area (Å²) in [5.41, 5.74) is 7.40. The van der Waals surface area contributed by atoms with E-state index in [9.17, 15) is 4.39 Å². The molecule has 0 fully saturated rings. The van der Waals surface area contributed by atoms with Crippen LogP contribution in [-0.4, -0.2) is 6.54 Å². The number of aryl methyl sites for hydroxylation is 1. The molecular formula is C10H12FN. The molecule has 1 aromatic rings. The SMILES string of the molecule is C=C(CN)c1ccc(C)cc1F. The summed E-state index contributed by atoms with van der Waals surface area (Å²) in [6.07, 6.45) is 0. The number of hydrogen-bond donors (Lipinski definition) is 1. The van der Waals surface area contributed by atoms with Gasteiger partial charge < -0.3 is 5.73 Å². The first-order valence-electron chi connectivity index (χ1n) is 3.79. The van der Waals surface area contributed by atoms with E-state index in [-0.39, 0.29) is 5.82 Å². The van der Waals surface area contributed by atoms with Gasteiger partial charge in [0.1, 0.15) is 5.82 Å². The number of rotatable bonds is 2. The molecule has 2 heteroatoms. The first-order chi connectivity index (χ1) is 5.65. The molecule has 0 atom stereocenters. The lowest BCUT2D eigenvalue weighted by Gasteiger charge is -2.04. The van der Waals surface area contributed by atoms with E-state index in [1.165, 1.54) is 6.07 Å². The van der Waals surface area contributed by atoms with Gasteiger partial charge in [0.25, 0.3) is 0 Å². The molecule has 0 bridgehead atoms. The van der Waals surface area contributed by atoms with Crippen LogP contribution in [0, 0.1) is 12.7 Å². The Hall–Kier alpha value is -1.15. The third kappa shape index (κ3) is 1.71. The van der Waals surface area contributed by atoms with Gasteiger partial charge in [-0.05, 0) is 24.1 Å². The van der Waals surface area contributed by atoms with Gasteiger partial charge in [-0.3, -0.25) is 0 Å². The van der Waals surface area contributed by atoms with Crippen LogP contribution < -0.4 is 5.73 Å². The minimum absolute atomic E-state index is 0.245. The van der Waals surface area contributed by atoms with Crippen LogP contribution in [0.2, 0.25) is 0 Å². The molecular weight excluding hydrogens is 153 g/mol. The predicted molar refractivity (Wildman–Crippen MR) is 49.2 cm³/mol. The van der Waals surface area contributed by atoms with Crippen molar-refractivity contribution in [1.82, 2.24) is 0 Å². The summed E-state index contributed by atoms with van der Waals surface area (Å²) in [6, 6.07) is 5.04. The van der Waals surface area contributed by atoms with Crippen molar-refractivity contribution in [2.75, 3.05) is 6.54 Å². The summed E-state index contributed by atoms with van der Waals surface area (Å²) in [6.45, 7) is 5.81. The van der Waals surface area contributed by atoms with Crippen molar-refractivity contribution in [2.45, 2.75) is 6.92 Å². The van der Waals surface area contributed by atoms with Gasteiger partial charge in [0.05, 0.1) is 0 Å². The van der Waals surface area contributed by atoms with Crippen LogP contribution in [0.15, 0.2) is 24.8 Å². The van der Waals surface area contributed by atoms with Crippen molar-refractivity contribution in [3.05, 3.63) is 41.7 Å². The fraction of sp³-hybridized carbons (Fsp3) is 0.200. The Morgan fingerprint density at radius 1 is 1.58 bits per heavy atom. The molecule has 0 saturated heterocycles. The van der Waals surface area contributed by atoms with Gasteiger partial charge in [-0.15, -0.1) is 0 Å². The van der Waals surface area contributed by atoms with E-state index in [1.54, 1.807) is 6.07 Å². The fourth-order valence-electron chi connectivity index (χ4n) is 1.02. The first kappa shape index (κ1) is 8.94. The summed E-state index contributed by atoms with van der Waals surface area (Å²) in [4.78, 5) is 0. The quantitative estimate of drug-likeness (QED) is 0.713. The molecule has 12 heavy (non-hydrogen) atoms. The maximum Gasteiger partial charge on any atom is 0.130 e. The largest absolute Gasteiger partial charge is 0.326 e. The zero-order chi connectivity index (χ0) is 9.14. The average molecular weight is 165 g/mol. The third-order valence-corrected chi connectivity index (χ3v) is 1.75. The first-order valence-corrected chi connectivity index (χ1v) is 3.79. The lowest BCUT2D eigenvalue weighted by Crippen LogP contribution is -2.02. The van der Waals surface area contributed by atoms with Crippen LogP contribution in [0.3, 0.4) is 0 Å². The molecule has 0 aliphatic heterocycles. The molecule has 2 N–H and O–H groups in total. The normalized spacial score (nSPS) is 9.92. The molecule has 0 spiro atoms. The van der Waals surface area contributed by atoms with Gasteiger partial charge in [0.15, 0.2) is 0 Å². The minimum atomic E-state index is -0.245. The Morgan fingerprint density at radius 3 is 2.75 bits per heavy atom. The van der Waals surface area contributed by atoms with Crippen molar-refractivity contribution in [3.8, 4) is 0 Å². The van der Waals surface area contributed by atoms with Crippen LogP contribution in [0.1, 0.15) is 11.1 Å². The second kappa shape index (κ2) is 3.50. The van der Waals surface area contributed by atoms with Crippen molar-refractivity contribution >= 4 is 5.57 Å². The van der Waals surface area contributed by atoms with E-state index in [2.05, 4.69) is 6.58 Å². The van der Waals surface area contributed by atoms with Crippen molar-refractivity contribution < 1.29 is 4.39 Å².